The molecule has 0 radical (unpaired) electrons. The lowest BCUT2D eigenvalue weighted by Crippen LogP contribution is -2.18. The van der Waals surface area contributed by atoms with Gasteiger partial charge in [-0.05, 0) is 25.0 Å². The molecule has 0 aliphatic heterocycles. The predicted molar refractivity (Wildman–Crippen MR) is 68.1 cm³/mol. The SMILES string of the molecule is CCc1nc(Cc2ccc(F)cc2F)[nH]c(=O)c1C. The number of nitrogens with one attached hydrogen (secondary N) is 1. The summed E-state index contributed by atoms with van der Waals surface area (Å²) in [4.78, 5) is 18.6. The molecular formula is C14H14F2N2O. The van der Waals surface area contributed by atoms with E-state index in [1.807, 2.05) is 6.92 Å². The van der Waals surface area contributed by atoms with Gasteiger partial charge in [-0.2, -0.15) is 0 Å². The van der Waals surface area contributed by atoms with Crippen molar-refractivity contribution in [3.63, 3.8) is 0 Å². The molecule has 1 heterocycles. The van der Waals surface area contributed by atoms with Gasteiger partial charge in [-0.1, -0.05) is 13.0 Å². The summed E-state index contributed by atoms with van der Waals surface area (Å²) in [6.45, 7) is 3.60. The molecule has 3 nitrogen and oxygen atoms in total. The molecule has 0 unspecified atom stereocenters. The van der Waals surface area contributed by atoms with Crippen LogP contribution < -0.4 is 5.56 Å². The minimum Gasteiger partial charge on any atom is -0.310 e. The normalized spacial score (nSPS) is 10.7. The third-order valence-corrected chi connectivity index (χ3v) is 3.01. The van der Waals surface area contributed by atoms with Crippen LogP contribution in [0.4, 0.5) is 8.78 Å². The van der Waals surface area contributed by atoms with Gasteiger partial charge in [0.05, 0.1) is 5.69 Å². The zero-order valence-corrected chi connectivity index (χ0v) is 10.8. The molecule has 19 heavy (non-hydrogen) atoms. The highest BCUT2D eigenvalue weighted by Gasteiger charge is 2.09. The van der Waals surface area contributed by atoms with Crippen LogP contribution in [-0.4, -0.2) is 9.97 Å². The molecule has 2 rings (SSSR count). The first-order chi connectivity index (χ1) is 9.01. The highest BCUT2D eigenvalue weighted by Crippen LogP contribution is 2.13. The molecule has 0 saturated carbocycles. The Kier molecular flexibility index (Phi) is 3.74. The third kappa shape index (κ3) is 2.86. The Labute approximate surface area is 109 Å². The number of aryl methyl sites for hydroxylation is 1. The fourth-order valence-electron chi connectivity index (χ4n) is 1.90. The molecule has 1 N–H and O–H groups in total. The maximum atomic E-state index is 13.5. The quantitative estimate of drug-likeness (QED) is 0.925. The summed E-state index contributed by atoms with van der Waals surface area (Å²) in [7, 11) is 0. The summed E-state index contributed by atoms with van der Waals surface area (Å²) < 4.78 is 26.3. The smallest absolute Gasteiger partial charge is 0.254 e. The zero-order chi connectivity index (χ0) is 14.0. The number of benzene rings is 1. The minimum absolute atomic E-state index is 0.134. The van der Waals surface area contributed by atoms with Crippen LogP contribution in [0, 0.1) is 18.6 Å². The maximum Gasteiger partial charge on any atom is 0.254 e. The van der Waals surface area contributed by atoms with Gasteiger partial charge in [0.2, 0.25) is 0 Å². The van der Waals surface area contributed by atoms with Crippen LogP contribution in [0.5, 0.6) is 0 Å². The molecule has 1 aromatic carbocycles. The van der Waals surface area contributed by atoms with E-state index in [9.17, 15) is 13.6 Å². The van der Waals surface area contributed by atoms with Crippen LogP contribution in [0.25, 0.3) is 0 Å². The van der Waals surface area contributed by atoms with Gasteiger partial charge < -0.3 is 4.98 Å². The highest BCUT2D eigenvalue weighted by molar-refractivity contribution is 5.23. The van der Waals surface area contributed by atoms with Crippen LogP contribution in [-0.2, 0) is 12.8 Å². The minimum atomic E-state index is -0.638. The summed E-state index contributed by atoms with van der Waals surface area (Å²) in [6.07, 6.45) is 0.767. The Hall–Kier alpha value is -2.04. The lowest BCUT2D eigenvalue weighted by atomic mass is 10.1. The van der Waals surface area contributed by atoms with E-state index in [1.165, 1.54) is 12.1 Å². The van der Waals surface area contributed by atoms with Crippen LogP contribution in [0.1, 0.15) is 29.6 Å². The number of hydrogen-bond donors (Lipinski definition) is 1. The van der Waals surface area contributed by atoms with E-state index in [1.54, 1.807) is 6.92 Å². The van der Waals surface area contributed by atoms with Crippen LogP contribution in [0.15, 0.2) is 23.0 Å². The summed E-state index contributed by atoms with van der Waals surface area (Å²) in [6, 6.07) is 3.37. The standard InChI is InChI=1S/C14H14F2N2O/c1-3-12-8(2)14(19)18-13(17-12)6-9-4-5-10(15)7-11(9)16/h4-5,7H,3,6H2,1-2H3,(H,17,18,19). The molecule has 0 spiro atoms. The summed E-state index contributed by atoms with van der Waals surface area (Å²) in [5.74, 6) is -0.875. The van der Waals surface area contributed by atoms with Gasteiger partial charge in [-0.3, -0.25) is 4.79 Å². The highest BCUT2D eigenvalue weighted by atomic mass is 19.1. The van der Waals surface area contributed by atoms with Crippen molar-refractivity contribution in [2.75, 3.05) is 0 Å². The Bertz CT molecular complexity index is 665. The van der Waals surface area contributed by atoms with Crippen molar-refractivity contribution in [1.29, 1.82) is 0 Å². The van der Waals surface area contributed by atoms with Gasteiger partial charge in [0.15, 0.2) is 0 Å². The first kappa shape index (κ1) is 13.4. The average Bonchev–Trinajstić information content (AvgIpc) is 2.37. The van der Waals surface area contributed by atoms with Gasteiger partial charge >= 0.3 is 0 Å². The molecule has 1 aromatic heterocycles. The van der Waals surface area contributed by atoms with E-state index in [0.717, 1.165) is 6.07 Å². The lowest BCUT2D eigenvalue weighted by Gasteiger charge is -2.07. The number of hydrogen-bond acceptors (Lipinski definition) is 2. The van der Waals surface area contributed by atoms with Crippen molar-refractivity contribution in [2.45, 2.75) is 26.7 Å². The van der Waals surface area contributed by atoms with Crippen molar-refractivity contribution in [2.24, 2.45) is 0 Å². The van der Waals surface area contributed by atoms with Gasteiger partial charge in [-0.15, -0.1) is 0 Å². The average molecular weight is 264 g/mol. The second-order valence-electron chi connectivity index (χ2n) is 4.35. The molecule has 0 bridgehead atoms. The van der Waals surface area contributed by atoms with Crippen LogP contribution in [0.3, 0.4) is 0 Å². The Morgan fingerprint density at radius 2 is 2.05 bits per heavy atom. The Morgan fingerprint density at radius 3 is 2.68 bits per heavy atom. The Balaban J connectivity index is 2.38. The van der Waals surface area contributed by atoms with Gasteiger partial charge in [0.25, 0.3) is 5.56 Å². The largest absolute Gasteiger partial charge is 0.310 e. The second-order valence-corrected chi connectivity index (χ2v) is 4.35. The molecule has 0 fully saturated rings. The number of aromatic nitrogens is 2. The van der Waals surface area contributed by atoms with Crippen molar-refractivity contribution in [3.05, 3.63) is 62.8 Å². The molecule has 100 valence electrons. The topological polar surface area (TPSA) is 45.8 Å². The maximum absolute atomic E-state index is 13.5. The van der Waals surface area contributed by atoms with E-state index < -0.39 is 11.6 Å². The van der Waals surface area contributed by atoms with Crippen molar-refractivity contribution in [3.8, 4) is 0 Å². The number of halogens is 2. The van der Waals surface area contributed by atoms with Crippen LogP contribution >= 0.6 is 0 Å². The molecule has 5 heteroatoms. The van der Waals surface area contributed by atoms with E-state index in [-0.39, 0.29) is 12.0 Å². The van der Waals surface area contributed by atoms with Crippen molar-refractivity contribution < 1.29 is 8.78 Å². The summed E-state index contributed by atoms with van der Waals surface area (Å²) >= 11 is 0. The molecule has 0 atom stereocenters. The fourth-order valence-corrected chi connectivity index (χ4v) is 1.90. The molecular weight excluding hydrogens is 250 g/mol. The molecule has 0 aliphatic carbocycles. The monoisotopic (exact) mass is 264 g/mol. The molecule has 2 aromatic rings. The Morgan fingerprint density at radius 1 is 1.32 bits per heavy atom. The zero-order valence-electron chi connectivity index (χ0n) is 10.8. The number of nitrogens with zero attached hydrogens (tertiary/aromatic N) is 1. The number of H-pyrrole nitrogens is 1. The molecule has 0 saturated heterocycles. The second kappa shape index (κ2) is 5.30. The summed E-state index contributed by atoms with van der Waals surface area (Å²) in [5, 5.41) is 0. The van der Waals surface area contributed by atoms with Gasteiger partial charge in [0.1, 0.15) is 17.5 Å². The van der Waals surface area contributed by atoms with E-state index in [4.69, 9.17) is 0 Å². The van der Waals surface area contributed by atoms with E-state index >= 15 is 0 Å². The predicted octanol–water partition coefficient (Wildman–Crippen LogP) is 2.51. The first-order valence-electron chi connectivity index (χ1n) is 6.04. The fraction of sp³-hybridized carbons (Fsp3) is 0.286. The van der Waals surface area contributed by atoms with E-state index in [0.29, 0.717) is 29.1 Å². The van der Waals surface area contributed by atoms with Crippen LogP contribution in [0.2, 0.25) is 0 Å². The number of rotatable bonds is 3. The first-order valence-corrected chi connectivity index (χ1v) is 6.04. The third-order valence-electron chi connectivity index (χ3n) is 3.01. The molecule has 0 amide bonds. The van der Waals surface area contributed by atoms with Crippen molar-refractivity contribution in [1.82, 2.24) is 9.97 Å². The van der Waals surface area contributed by atoms with Gasteiger partial charge in [0, 0.05) is 18.1 Å². The number of aromatic amines is 1. The van der Waals surface area contributed by atoms with Gasteiger partial charge in [-0.25, -0.2) is 13.8 Å². The molecule has 0 aliphatic rings. The summed E-state index contributed by atoms with van der Waals surface area (Å²) in [5.41, 5.74) is 1.35. The van der Waals surface area contributed by atoms with E-state index in [2.05, 4.69) is 9.97 Å². The van der Waals surface area contributed by atoms with Crippen molar-refractivity contribution >= 4 is 0 Å². The lowest BCUT2D eigenvalue weighted by molar-refractivity contribution is 0.573.